The lowest BCUT2D eigenvalue weighted by molar-refractivity contribution is 0.0163. The van der Waals surface area contributed by atoms with Gasteiger partial charge < -0.3 is 24.6 Å². The van der Waals surface area contributed by atoms with Crippen LogP contribution < -0.4 is 5.32 Å². The van der Waals surface area contributed by atoms with Crippen LogP contribution in [0.3, 0.4) is 0 Å². The molecule has 0 saturated heterocycles. The second kappa shape index (κ2) is 12.8. The van der Waals surface area contributed by atoms with Crippen LogP contribution in [0.25, 0.3) is 0 Å². The van der Waals surface area contributed by atoms with Gasteiger partial charge in [-0.15, -0.1) is 12.3 Å². The van der Waals surface area contributed by atoms with Crippen molar-refractivity contribution < 1.29 is 24.1 Å². The van der Waals surface area contributed by atoms with Gasteiger partial charge in [0.2, 0.25) is 0 Å². The summed E-state index contributed by atoms with van der Waals surface area (Å²) in [6.07, 6.45) is 4.61. The van der Waals surface area contributed by atoms with Crippen molar-refractivity contribution in [1.82, 2.24) is 5.32 Å². The number of rotatable bonds is 11. The Labute approximate surface area is 101 Å². The fourth-order valence-corrected chi connectivity index (χ4v) is 0.903. The number of carbonyl (C=O) groups is 1. The molecule has 6 nitrogen and oxygen atoms in total. The van der Waals surface area contributed by atoms with Gasteiger partial charge in [-0.25, -0.2) is 4.79 Å². The molecule has 0 saturated carbocycles. The molecule has 0 unspecified atom stereocenters. The molecule has 0 aliphatic heterocycles. The molecule has 2 N–H and O–H groups in total. The molecule has 0 heterocycles. The maximum absolute atomic E-state index is 10.1. The summed E-state index contributed by atoms with van der Waals surface area (Å²) in [6, 6.07) is 0. The van der Waals surface area contributed by atoms with Crippen molar-refractivity contribution in [2.24, 2.45) is 0 Å². The van der Waals surface area contributed by atoms with Crippen molar-refractivity contribution >= 4 is 6.09 Å². The molecule has 0 spiro atoms. The Morgan fingerprint density at radius 2 is 1.59 bits per heavy atom. The van der Waals surface area contributed by atoms with Crippen LogP contribution in [-0.2, 0) is 14.2 Å². The molecule has 0 rings (SSSR count). The van der Waals surface area contributed by atoms with Crippen molar-refractivity contribution in [2.45, 2.75) is 6.42 Å². The summed E-state index contributed by atoms with van der Waals surface area (Å²) < 4.78 is 15.5. The molecule has 0 fully saturated rings. The van der Waals surface area contributed by atoms with Crippen LogP contribution in [0.5, 0.6) is 0 Å². The van der Waals surface area contributed by atoms with E-state index in [9.17, 15) is 4.79 Å². The Hall–Kier alpha value is -1.29. The van der Waals surface area contributed by atoms with Crippen LogP contribution >= 0.6 is 0 Å². The van der Waals surface area contributed by atoms with E-state index in [0.29, 0.717) is 46.1 Å². The maximum atomic E-state index is 10.1. The third-order valence-corrected chi connectivity index (χ3v) is 1.66. The Morgan fingerprint density at radius 1 is 1.06 bits per heavy atom. The van der Waals surface area contributed by atoms with Gasteiger partial charge in [0.1, 0.15) is 0 Å². The molecule has 0 radical (unpaired) electrons. The van der Waals surface area contributed by atoms with E-state index in [0.717, 1.165) is 0 Å². The normalized spacial score (nSPS) is 9.82. The van der Waals surface area contributed by atoms with E-state index in [1.807, 2.05) is 0 Å². The van der Waals surface area contributed by atoms with Crippen LogP contribution in [0.4, 0.5) is 4.79 Å². The van der Waals surface area contributed by atoms with E-state index in [1.54, 1.807) is 0 Å². The van der Waals surface area contributed by atoms with Gasteiger partial charge in [-0.1, -0.05) is 0 Å². The first-order chi connectivity index (χ1) is 8.27. The molecule has 0 aromatic carbocycles. The van der Waals surface area contributed by atoms with Gasteiger partial charge in [-0.3, -0.25) is 0 Å². The van der Waals surface area contributed by atoms with E-state index < -0.39 is 6.09 Å². The highest BCUT2D eigenvalue weighted by atomic mass is 16.5. The fraction of sp³-hybridized carbons (Fsp3) is 0.727. The summed E-state index contributed by atoms with van der Waals surface area (Å²) in [6.45, 7) is 3.09. The predicted molar refractivity (Wildman–Crippen MR) is 61.9 cm³/mol. The van der Waals surface area contributed by atoms with Crippen molar-refractivity contribution in [3.8, 4) is 12.3 Å². The minimum absolute atomic E-state index is 0.282. The fourth-order valence-electron chi connectivity index (χ4n) is 0.903. The van der Waals surface area contributed by atoms with Gasteiger partial charge in [0.15, 0.2) is 0 Å². The Balaban J connectivity index is 2.94. The van der Waals surface area contributed by atoms with E-state index in [1.165, 1.54) is 0 Å². The molecule has 0 aromatic heterocycles. The first-order valence-corrected chi connectivity index (χ1v) is 5.41. The monoisotopic (exact) mass is 245 g/mol. The zero-order valence-electron chi connectivity index (χ0n) is 9.81. The molecule has 0 aromatic rings. The number of amides is 1. The SMILES string of the molecule is C#CCCOCCOCCOCCNC(=O)O. The summed E-state index contributed by atoms with van der Waals surface area (Å²) in [5, 5.41) is 10.4. The average Bonchev–Trinajstić information content (AvgIpc) is 2.30. The molecular formula is C11H19NO5. The zero-order valence-corrected chi connectivity index (χ0v) is 9.81. The maximum Gasteiger partial charge on any atom is 0.404 e. The van der Waals surface area contributed by atoms with E-state index in [-0.39, 0.29) is 6.54 Å². The first-order valence-electron chi connectivity index (χ1n) is 5.41. The Morgan fingerprint density at radius 3 is 2.12 bits per heavy atom. The average molecular weight is 245 g/mol. The molecule has 98 valence electrons. The lowest BCUT2D eigenvalue weighted by Gasteiger charge is -2.06. The molecule has 6 heteroatoms. The molecular weight excluding hydrogens is 226 g/mol. The standard InChI is InChI=1S/C11H19NO5/c1-2-3-5-15-7-9-17-10-8-16-6-4-12-11(13)14/h1,12H,3-10H2,(H,13,14). The molecule has 0 aliphatic carbocycles. The highest BCUT2D eigenvalue weighted by molar-refractivity contribution is 5.64. The first kappa shape index (κ1) is 15.7. The summed E-state index contributed by atoms with van der Waals surface area (Å²) in [7, 11) is 0. The van der Waals surface area contributed by atoms with Crippen molar-refractivity contribution in [1.29, 1.82) is 0 Å². The third kappa shape index (κ3) is 14.7. The molecule has 1 amide bonds. The van der Waals surface area contributed by atoms with E-state index >= 15 is 0 Å². The number of nitrogens with one attached hydrogen (secondary N) is 1. The number of terminal acetylenes is 1. The van der Waals surface area contributed by atoms with Crippen LogP contribution in [0.15, 0.2) is 0 Å². The van der Waals surface area contributed by atoms with E-state index in [4.69, 9.17) is 25.7 Å². The van der Waals surface area contributed by atoms with Crippen molar-refractivity contribution in [2.75, 3.05) is 46.2 Å². The number of hydrogen-bond donors (Lipinski definition) is 2. The van der Waals surface area contributed by atoms with Crippen LogP contribution in [0, 0.1) is 12.3 Å². The Bertz CT molecular complexity index is 226. The number of hydrogen-bond acceptors (Lipinski definition) is 4. The summed E-state index contributed by atoms with van der Waals surface area (Å²) >= 11 is 0. The van der Waals surface area contributed by atoms with Crippen LogP contribution in [0.1, 0.15) is 6.42 Å². The number of carboxylic acid groups (broad SMARTS) is 1. The third-order valence-electron chi connectivity index (χ3n) is 1.66. The van der Waals surface area contributed by atoms with Crippen molar-refractivity contribution in [3.63, 3.8) is 0 Å². The lowest BCUT2D eigenvalue weighted by Crippen LogP contribution is -2.25. The van der Waals surface area contributed by atoms with Gasteiger partial charge in [0, 0.05) is 13.0 Å². The summed E-state index contributed by atoms with van der Waals surface area (Å²) in [5.74, 6) is 2.47. The molecule has 0 bridgehead atoms. The lowest BCUT2D eigenvalue weighted by atomic mass is 10.5. The quantitative estimate of drug-likeness (QED) is 0.405. The minimum atomic E-state index is -1.05. The largest absolute Gasteiger partial charge is 0.465 e. The Kier molecular flexibility index (Phi) is 11.8. The van der Waals surface area contributed by atoms with Crippen LogP contribution in [-0.4, -0.2) is 57.4 Å². The summed E-state index contributed by atoms with van der Waals surface area (Å²) in [5.41, 5.74) is 0. The van der Waals surface area contributed by atoms with Gasteiger partial charge in [-0.05, 0) is 0 Å². The van der Waals surface area contributed by atoms with Gasteiger partial charge in [0.05, 0.1) is 39.6 Å². The van der Waals surface area contributed by atoms with Gasteiger partial charge in [-0.2, -0.15) is 0 Å². The van der Waals surface area contributed by atoms with E-state index in [2.05, 4.69) is 11.2 Å². The molecule has 17 heavy (non-hydrogen) atoms. The molecule has 0 atom stereocenters. The second-order valence-electron chi connectivity index (χ2n) is 3.02. The van der Waals surface area contributed by atoms with Crippen LogP contribution in [0.2, 0.25) is 0 Å². The predicted octanol–water partition coefficient (Wildman–Crippen LogP) is 0.327. The highest BCUT2D eigenvalue weighted by Gasteiger charge is 1.93. The second-order valence-corrected chi connectivity index (χ2v) is 3.02. The molecule has 0 aliphatic rings. The minimum Gasteiger partial charge on any atom is -0.465 e. The zero-order chi connectivity index (χ0) is 12.8. The highest BCUT2D eigenvalue weighted by Crippen LogP contribution is 1.83. The number of ether oxygens (including phenoxy) is 3. The van der Waals surface area contributed by atoms with Gasteiger partial charge in [0.25, 0.3) is 0 Å². The van der Waals surface area contributed by atoms with Gasteiger partial charge >= 0.3 is 6.09 Å². The smallest absolute Gasteiger partial charge is 0.404 e. The summed E-state index contributed by atoms with van der Waals surface area (Å²) in [4.78, 5) is 10.1. The topological polar surface area (TPSA) is 77.0 Å². The van der Waals surface area contributed by atoms with Crippen molar-refractivity contribution in [3.05, 3.63) is 0 Å².